The van der Waals surface area contributed by atoms with E-state index in [9.17, 15) is 14.0 Å². The van der Waals surface area contributed by atoms with Gasteiger partial charge >= 0.3 is 0 Å². The van der Waals surface area contributed by atoms with E-state index in [1.165, 1.54) is 12.1 Å². The second kappa shape index (κ2) is 8.52. The Kier molecular flexibility index (Phi) is 5.42. The summed E-state index contributed by atoms with van der Waals surface area (Å²) in [5.74, 6) is 0.461. The average Bonchev–Trinajstić information content (AvgIpc) is 3.29. The molecule has 32 heavy (non-hydrogen) atoms. The second-order valence-electron chi connectivity index (χ2n) is 8.19. The van der Waals surface area contributed by atoms with E-state index in [-0.39, 0.29) is 17.6 Å². The van der Waals surface area contributed by atoms with Crippen LogP contribution in [0.1, 0.15) is 24.8 Å². The van der Waals surface area contributed by atoms with Crippen molar-refractivity contribution in [1.29, 1.82) is 0 Å². The van der Waals surface area contributed by atoms with E-state index in [1.807, 2.05) is 17.0 Å². The zero-order valence-corrected chi connectivity index (χ0v) is 17.6. The molecule has 10 heteroatoms. The van der Waals surface area contributed by atoms with E-state index >= 15 is 0 Å². The minimum absolute atomic E-state index is 0.0120. The van der Waals surface area contributed by atoms with E-state index < -0.39 is 6.04 Å². The molecule has 0 N–H and O–H groups in total. The number of carbonyl (C=O) groups is 2. The molecule has 0 aliphatic carbocycles. The summed E-state index contributed by atoms with van der Waals surface area (Å²) in [5, 5.41) is 12.3. The molecule has 0 saturated carbocycles. The molecule has 0 radical (unpaired) electrons. The molecule has 2 aliphatic heterocycles. The van der Waals surface area contributed by atoms with Crippen molar-refractivity contribution in [3.05, 3.63) is 54.1 Å². The van der Waals surface area contributed by atoms with Crippen LogP contribution in [0, 0.1) is 5.82 Å². The topological polar surface area (TPSA) is 86.9 Å². The lowest BCUT2D eigenvalue weighted by molar-refractivity contribution is -0.149. The van der Waals surface area contributed by atoms with Gasteiger partial charge in [-0.3, -0.25) is 9.59 Å². The number of rotatable bonds is 4. The minimum atomic E-state index is -0.473. The number of nitrogens with zero attached hydrogens (tertiary/aromatic N) is 7. The SMILES string of the molecule is O=C(C1CCCC(=O)N1Cc1ccc(F)cc1)N1CCN(c2ccc3nncn3n2)CC1. The van der Waals surface area contributed by atoms with Crippen molar-refractivity contribution in [2.24, 2.45) is 0 Å². The number of amides is 2. The highest BCUT2D eigenvalue weighted by Gasteiger charge is 2.36. The third-order valence-corrected chi connectivity index (χ3v) is 6.18. The molecule has 1 aromatic carbocycles. The fourth-order valence-corrected chi connectivity index (χ4v) is 4.42. The van der Waals surface area contributed by atoms with E-state index in [0.717, 1.165) is 11.4 Å². The largest absolute Gasteiger partial charge is 0.352 e. The van der Waals surface area contributed by atoms with Crippen molar-refractivity contribution in [3.63, 3.8) is 0 Å². The fourth-order valence-electron chi connectivity index (χ4n) is 4.42. The van der Waals surface area contributed by atoms with Gasteiger partial charge < -0.3 is 14.7 Å². The maximum absolute atomic E-state index is 13.4. The highest BCUT2D eigenvalue weighted by molar-refractivity contribution is 5.89. The van der Waals surface area contributed by atoms with Crippen LogP contribution in [0.2, 0.25) is 0 Å². The number of benzene rings is 1. The van der Waals surface area contributed by atoms with Crippen molar-refractivity contribution >= 4 is 23.3 Å². The summed E-state index contributed by atoms with van der Waals surface area (Å²) in [5.41, 5.74) is 1.51. The van der Waals surface area contributed by atoms with E-state index in [2.05, 4.69) is 20.2 Å². The normalized spacial score (nSPS) is 19.6. The van der Waals surface area contributed by atoms with E-state index in [1.54, 1.807) is 27.9 Å². The first-order valence-corrected chi connectivity index (χ1v) is 10.8. The predicted molar refractivity (Wildman–Crippen MR) is 114 cm³/mol. The molecule has 4 heterocycles. The zero-order valence-electron chi connectivity index (χ0n) is 17.6. The van der Waals surface area contributed by atoms with Gasteiger partial charge in [0.15, 0.2) is 5.65 Å². The van der Waals surface area contributed by atoms with Crippen LogP contribution < -0.4 is 4.90 Å². The second-order valence-corrected chi connectivity index (χ2v) is 8.19. The molecular formula is C22H24FN7O2. The lowest BCUT2D eigenvalue weighted by Gasteiger charge is -2.41. The maximum Gasteiger partial charge on any atom is 0.245 e. The van der Waals surface area contributed by atoms with Crippen LogP contribution in [-0.4, -0.2) is 73.6 Å². The molecule has 2 aromatic heterocycles. The number of piperazine rings is 1. The van der Waals surface area contributed by atoms with Gasteiger partial charge in [0.1, 0.15) is 24.0 Å². The van der Waals surface area contributed by atoms with Crippen molar-refractivity contribution in [2.75, 3.05) is 31.1 Å². The maximum atomic E-state index is 13.4. The van der Waals surface area contributed by atoms with Gasteiger partial charge in [0.25, 0.3) is 0 Å². The number of anilines is 1. The van der Waals surface area contributed by atoms with E-state index in [4.69, 9.17) is 0 Å². The van der Waals surface area contributed by atoms with Crippen molar-refractivity contribution < 1.29 is 14.0 Å². The first kappa shape index (κ1) is 20.3. The zero-order chi connectivity index (χ0) is 22.1. The van der Waals surface area contributed by atoms with Crippen LogP contribution in [-0.2, 0) is 16.1 Å². The van der Waals surface area contributed by atoms with Gasteiger partial charge in [0.05, 0.1) is 0 Å². The molecule has 2 saturated heterocycles. The van der Waals surface area contributed by atoms with Crippen LogP contribution in [0.25, 0.3) is 5.65 Å². The molecule has 0 bridgehead atoms. The number of likely N-dealkylation sites (tertiary alicyclic amines) is 1. The molecule has 0 spiro atoms. The van der Waals surface area contributed by atoms with Gasteiger partial charge in [-0.05, 0) is 42.7 Å². The van der Waals surface area contributed by atoms with Crippen LogP contribution in [0.15, 0.2) is 42.7 Å². The number of piperidine rings is 1. The Labute approximate surface area is 184 Å². The summed E-state index contributed by atoms with van der Waals surface area (Å²) in [6.07, 6.45) is 3.36. The molecule has 1 atom stereocenters. The monoisotopic (exact) mass is 437 g/mol. The molecule has 166 valence electrons. The van der Waals surface area contributed by atoms with Crippen molar-refractivity contribution in [3.8, 4) is 0 Å². The van der Waals surface area contributed by atoms with Crippen LogP contribution in [0.4, 0.5) is 10.2 Å². The number of hydrogen-bond acceptors (Lipinski definition) is 6. The highest BCUT2D eigenvalue weighted by Crippen LogP contribution is 2.24. The molecular weight excluding hydrogens is 413 g/mol. The number of hydrogen-bond donors (Lipinski definition) is 0. The summed E-state index contributed by atoms with van der Waals surface area (Å²) in [6.45, 7) is 2.76. The van der Waals surface area contributed by atoms with Gasteiger partial charge in [-0.15, -0.1) is 15.3 Å². The molecule has 9 nitrogen and oxygen atoms in total. The Hall–Kier alpha value is -3.56. The lowest BCUT2D eigenvalue weighted by atomic mass is 9.99. The Morgan fingerprint density at radius 1 is 1.06 bits per heavy atom. The average molecular weight is 437 g/mol. The van der Waals surface area contributed by atoms with Crippen LogP contribution in [0.3, 0.4) is 0 Å². The fraction of sp³-hybridized carbons (Fsp3) is 0.409. The first-order chi connectivity index (χ1) is 15.6. The highest BCUT2D eigenvalue weighted by atomic mass is 19.1. The smallest absolute Gasteiger partial charge is 0.245 e. The molecule has 3 aromatic rings. The Bertz CT molecular complexity index is 1120. The van der Waals surface area contributed by atoms with Crippen LogP contribution in [0.5, 0.6) is 0 Å². The van der Waals surface area contributed by atoms with Crippen LogP contribution >= 0.6 is 0 Å². The number of carbonyl (C=O) groups excluding carboxylic acids is 2. The molecule has 2 fully saturated rings. The minimum Gasteiger partial charge on any atom is -0.352 e. The van der Waals surface area contributed by atoms with Gasteiger partial charge in [-0.1, -0.05) is 12.1 Å². The molecule has 1 unspecified atom stereocenters. The predicted octanol–water partition coefficient (Wildman–Crippen LogP) is 1.49. The van der Waals surface area contributed by atoms with Crippen molar-refractivity contribution in [1.82, 2.24) is 29.6 Å². The third-order valence-electron chi connectivity index (χ3n) is 6.18. The standard InChI is InChI=1S/C22H24FN7O2/c23-17-6-4-16(5-7-17)14-29-18(2-1-3-21(29)31)22(32)28-12-10-27(11-13-28)20-9-8-19-25-24-15-30(19)26-20/h4-9,15,18H,1-3,10-14H2. The molecule has 2 amide bonds. The summed E-state index contributed by atoms with van der Waals surface area (Å²) in [6, 6.07) is 9.39. The summed E-state index contributed by atoms with van der Waals surface area (Å²) in [4.78, 5) is 31.6. The first-order valence-electron chi connectivity index (χ1n) is 10.8. The van der Waals surface area contributed by atoms with Gasteiger partial charge in [-0.25, -0.2) is 4.39 Å². The number of halogens is 1. The third kappa shape index (κ3) is 4.00. The number of fused-ring (bicyclic) bond motifs is 1. The van der Waals surface area contributed by atoms with Gasteiger partial charge in [-0.2, -0.15) is 4.52 Å². The Morgan fingerprint density at radius 3 is 2.62 bits per heavy atom. The number of aromatic nitrogens is 4. The van der Waals surface area contributed by atoms with Gasteiger partial charge in [0.2, 0.25) is 11.8 Å². The van der Waals surface area contributed by atoms with Gasteiger partial charge in [0, 0.05) is 39.1 Å². The Balaban J connectivity index is 1.25. The summed E-state index contributed by atoms with van der Waals surface area (Å²) >= 11 is 0. The summed E-state index contributed by atoms with van der Waals surface area (Å²) < 4.78 is 14.9. The Morgan fingerprint density at radius 2 is 1.84 bits per heavy atom. The van der Waals surface area contributed by atoms with E-state index in [0.29, 0.717) is 57.6 Å². The quantitative estimate of drug-likeness (QED) is 0.615. The van der Waals surface area contributed by atoms with Crippen molar-refractivity contribution in [2.45, 2.75) is 31.8 Å². The molecule has 2 aliphatic rings. The summed E-state index contributed by atoms with van der Waals surface area (Å²) in [7, 11) is 0. The molecule has 5 rings (SSSR count). The lowest BCUT2D eigenvalue weighted by Crippen LogP contribution is -2.57.